The number of benzene rings is 4. The van der Waals surface area contributed by atoms with E-state index in [1.165, 1.54) is 24.8 Å². The fraction of sp³-hybridized carbons (Fsp3) is 0.342. The van der Waals surface area contributed by atoms with E-state index in [0.29, 0.717) is 98.4 Å². The lowest BCUT2D eigenvalue weighted by Gasteiger charge is -2.47. The Morgan fingerprint density at radius 2 is 1.20 bits per heavy atom. The van der Waals surface area contributed by atoms with Crippen LogP contribution in [0.15, 0.2) is 124 Å². The molecule has 8 heterocycles. The number of carbonyl (C=O) groups excluding carboxylic acids is 4. The van der Waals surface area contributed by atoms with Crippen molar-refractivity contribution < 1.29 is 52.0 Å². The zero-order chi connectivity index (χ0) is 68.4. The van der Waals surface area contributed by atoms with Gasteiger partial charge in [0.2, 0.25) is 5.91 Å². The van der Waals surface area contributed by atoms with Crippen LogP contribution in [-0.2, 0) is 28.6 Å². The van der Waals surface area contributed by atoms with Gasteiger partial charge in [-0.1, -0.05) is 97.4 Å². The lowest BCUT2D eigenvalue weighted by Crippen LogP contribution is -2.63. The lowest BCUT2D eigenvalue weighted by molar-refractivity contribution is -0.152. The molecule has 490 valence electrons. The third kappa shape index (κ3) is 13.1. The number of carbonyl (C=O) groups is 4. The van der Waals surface area contributed by atoms with Crippen LogP contribution in [0.2, 0.25) is 16.6 Å². The predicted molar refractivity (Wildman–Crippen MR) is 366 cm³/mol. The first-order valence-electron chi connectivity index (χ1n) is 31.4. The number of anilines is 2. The number of halogens is 2. The van der Waals surface area contributed by atoms with E-state index in [4.69, 9.17) is 25.6 Å². The molecule has 0 radical (unpaired) electrons. The van der Waals surface area contributed by atoms with Gasteiger partial charge in [-0.15, -0.1) is 12.0 Å². The number of fused-ring (bicyclic) bond motifs is 6. The normalized spacial score (nSPS) is 17.1. The highest BCUT2D eigenvalue weighted by molar-refractivity contribution is 6.90. The highest BCUT2D eigenvalue weighted by atomic mass is 28.3. The molecule has 2 amide bonds. The molecule has 4 aromatic heterocycles. The number of ether oxygens (including phenoxy) is 4. The first-order valence-corrected chi connectivity index (χ1v) is 33.6. The fourth-order valence-corrected chi connectivity index (χ4v) is 19.1. The number of phenolic OH excluding ortho intramolecular Hbond substituents is 1. The number of phenols is 1. The summed E-state index contributed by atoms with van der Waals surface area (Å²) >= 11 is 0. The van der Waals surface area contributed by atoms with Gasteiger partial charge in [0.1, 0.15) is 71.9 Å². The Kier molecular flexibility index (Phi) is 19.8. The van der Waals surface area contributed by atoms with Gasteiger partial charge in [0.05, 0.1) is 34.9 Å². The number of rotatable bonds is 13. The minimum Gasteiger partial charge on any atom is -0.508 e. The molecule has 4 fully saturated rings. The number of aromatic nitrogens is 6. The van der Waals surface area contributed by atoms with Crippen LogP contribution in [0.1, 0.15) is 86.3 Å². The molecule has 4 aliphatic heterocycles. The number of nitrogens with zero attached hydrogens (tertiary/aromatic N) is 10. The van der Waals surface area contributed by atoms with Crippen molar-refractivity contribution in [2.75, 3.05) is 49.9 Å². The molecular weight excluding hydrogens is 1230 g/mol. The van der Waals surface area contributed by atoms with Crippen LogP contribution >= 0.6 is 0 Å². The van der Waals surface area contributed by atoms with Gasteiger partial charge in [-0.3, -0.25) is 14.8 Å². The van der Waals surface area contributed by atoms with Gasteiger partial charge in [-0.25, -0.2) is 43.1 Å². The second-order valence-electron chi connectivity index (χ2n) is 25.6. The Bertz CT molecular complexity index is 4460. The summed E-state index contributed by atoms with van der Waals surface area (Å²) in [6, 6.07) is 18.4. The van der Waals surface area contributed by atoms with Crippen molar-refractivity contribution in [2.24, 2.45) is 0 Å². The molecule has 0 bridgehead atoms. The minimum atomic E-state index is -2.06. The third-order valence-electron chi connectivity index (χ3n) is 18.2. The molecule has 4 aromatic carbocycles. The zero-order valence-electron chi connectivity index (χ0n) is 54.9. The summed E-state index contributed by atoms with van der Waals surface area (Å²) < 4.78 is 53.6. The Labute approximate surface area is 551 Å². The van der Waals surface area contributed by atoms with E-state index in [0.717, 1.165) is 41.3 Å². The van der Waals surface area contributed by atoms with Crippen molar-refractivity contribution in [3.05, 3.63) is 146 Å². The number of amides is 2. The Morgan fingerprint density at radius 3 is 1.71 bits per heavy atom. The predicted octanol–water partition coefficient (Wildman–Crippen LogP) is 12.8. The Morgan fingerprint density at radius 1 is 0.695 bits per heavy atom. The summed E-state index contributed by atoms with van der Waals surface area (Å²) in [5.74, 6) is 5.20. The molecule has 22 heteroatoms. The molecule has 19 nitrogen and oxygen atoms in total. The molecule has 0 unspecified atom stereocenters. The van der Waals surface area contributed by atoms with Crippen LogP contribution in [0, 0.1) is 35.4 Å². The third-order valence-corrected chi connectivity index (χ3v) is 24.4. The van der Waals surface area contributed by atoms with Gasteiger partial charge in [0.15, 0.2) is 18.4 Å². The van der Waals surface area contributed by atoms with Gasteiger partial charge in [0.25, 0.3) is 0 Å². The monoisotopic (exact) mass is 1300 g/mol. The van der Waals surface area contributed by atoms with Crippen molar-refractivity contribution in [2.45, 2.75) is 122 Å². The average Bonchev–Trinajstić information content (AvgIpc) is 1.71. The molecule has 4 aliphatic rings. The summed E-state index contributed by atoms with van der Waals surface area (Å²) in [5.41, 5.74) is 7.57. The summed E-state index contributed by atoms with van der Waals surface area (Å²) in [5, 5.41) is 14.3. The Balaban J connectivity index is 0.000000192. The minimum absolute atomic E-state index is 0.00608. The standard InChI is InChI=1S/C40H50FN5O4Si.C27H20FN5O2.C6H6O3/c1-24(2)51(25(3)4,26(5)6)17-15-27-12-11-13-28-18-29(49-23-48-10)19-30(34(27)28)36-35(41)37-31(20-42-36)38(44-22-43-37)46-21-33-32(46)14-16-45(33)39(47)50-40(7,8)9;1-3-15-6-5-7-16-10-17(34)11-18(23(15)16)25-24(28)26-19(12-29-25)27(31-14-30-26)33-13-21-20(33)8-9-32(21)22(35)4-2;1-3-5(7)9-6(8)4-2/h11-13,18-20,22,24-26,32-33H,14,16,21,23H2,1-10H3;1,4-7,10-12,14,20-21,34H,2,8-9,13H2;3-4H,1-2H2/t32-,33-;20-,21-;/m11./s1. The molecule has 4 saturated heterocycles. The topological polar surface area (TPSA) is 216 Å². The van der Waals surface area contributed by atoms with E-state index in [1.54, 1.807) is 48.7 Å². The molecule has 4 atom stereocenters. The van der Waals surface area contributed by atoms with Gasteiger partial charge >= 0.3 is 18.0 Å². The number of hydrogen-bond acceptors (Lipinski definition) is 17. The van der Waals surface area contributed by atoms with Crippen molar-refractivity contribution in [3.63, 3.8) is 0 Å². The SMILES string of the molecule is C#Cc1cccc2cc(O)cc(-c3ncc4c(N5C[C@@H]6[C@H]5CCN6C(=O)C=C)ncnc4c3F)c12.C=CC(=O)OC(=O)C=C.COCOc1cc(-c2ncc3c(N4C[C@@H]5[C@H]4CCN5C(=O)OC(C)(C)C)ncnc3c2F)c2c(C#C[Si](C(C)C)(C(C)C)C(C)C)cccc2c1. The number of hydrogen-bond donors (Lipinski definition) is 1. The van der Waals surface area contributed by atoms with Crippen LogP contribution in [0.25, 0.3) is 65.9 Å². The van der Waals surface area contributed by atoms with Crippen LogP contribution < -0.4 is 14.5 Å². The number of pyridine rings is 2. The van der Waals surface area contributed by atoms with Gasteiger partial charge < -0.3 is 43.7 Å². The van der Waals surface area contributed by atoms with Crippen molar-refractivity contribution in [1.82, 2.24) is 39.7 Å². The second kappa shape index (κ2) is 27.8. The second-order valence-corrected chi connectivity index (χ2v) is 31.2. The maximum Gasteiger partial charge on any atom is 0.410 e. The number of terminal acetylenes is 1. The van der Waals surface area contributed by atoms with Crippen LogP contribution in [0.4, 0.5) is 25.2 Å². The highest BCUT2D eigenvalue weighted by Crippen LogP contribution is 2.45. The van der Waals surface area contributed by atoms with Gasteiger partial charge in [-0.2, -0.15) is 0 Å². The van der Waals surface area contributed by atoms with Crippen LogP contribution in [-0.4, -0.2) is 147 Å². The fourth-order valence-electron chi connectivity index (χ4n) is 13.9. The molecule has 95 heavy (non-hydrogen) atoms. The van der Waals surface area contributed by atoms with E-state index in [9.17, 15) is 24.3 Å². The van der Waals surface area contributed by atoms with E-state index in [1.807, 2.05) is 56.0 Å². The van der Waals surface area contributed by atoms with E-state index in [-0.39, 0.29) is 71.1 Å². The number of likely N-dealkylation sites (tertiary alicyclic amines) is 2. The molecule has 0 aliphatic carbocycles. The molecule has 0 saturated carbocycles. The first-order chi connectivity index (χ1) is 45.4. The molecular formula is C73H76F2N10O9Si. The van der Waals surface area contributed by atoms with Crippen LogP contribution in [0.3, 0.4) is 0 Å². The quantitative estimate of drug-likeness (QED) is 0.0283. The number of esters is 2. The van der Waals surface area contributed by atoms with Crippen molar-refractivity contribution >= 4 is 87.0 Å². The average molecular weight is 1300 g/mol. The summed E-state index contributed by atoms with van der Waals surface area (Å²) in [6.07, 6.45) is 16.1. The van der Waals surface area contributed by atoms with E-state index in [2.05, 4.69) is 118 Å². The molecule has 0 spiro atoms. The van der Waals surface area contributed by atoms with Gasteiger partial charge in [-0.05, 0) is 103 Å². The van der Waals surface area contributed by atoms with Gasteiger partial charge in [0, 0.05) is 90.9 Å². The maximum atomic E-state index is 16.9. The summed E-state index contributed by atoms with van der Waals surface area (Å²) in [6.45, 7) is 31.6. The molecule has 12 rings (SSSR count). The van der Waals surface area contributed by atoms with E-state index >= 15 is 8.78 Å². The lowest BCUT2D eigenvalue weighted by atomic mass is 9.95. The van der Waals surface area contributed by atoms with Crippen molar-refractivity contribution in [1.29, 1.82) is 0 Å². The maximum absolute atomic E-state index is 16.9. The largest absolute Gasteiger partial charge is 0.508 e. The molecule has 8 aromatic rings. The summed E-state index contributed by atoms with van der Waals surface area (Å²) in [4.78, 5) is 80.0. The van der Waals surface area contributed by atoms with Crippen LogP contribution in [0.5, 0.6) is 11.5 Å². The molecule has 1 N–H and O–H groups in total. The number of methoxy groups -OCH3 is 1. The first kappa shape index (κ1) is 67.7. The highest BCUT2D eigenvalue weighted by Gasteiger charge is 2.52. The van der Waals surface area contributed by atoms with E-state index < -0.39 is 37.2 Å². The zero-order valence-corrected chi connectivity index (χ0v) is 55.9. The smallest absolute Gasteiger partial charge is 0.410 e. The van der Waals surface area contributed by atoms with Crippen molar-refractivity contribution in [3.8, 4) is 57.8 Å². The summed E-state index contributed by atoms with van der Waals surface area (Å²) in [7, 11) is -0.496. The number of aromatic hydroxyl groups is 1. The Hall–Kier alpha value is -10.2.